The van der Waals surface area contributed by atoms with Gasteiger partial charge >= 0.3 is 0 Å². The maximum absolute atomic E-state index is 12.6. The molecular weight excluding hydrogens is 354 g/mol. The maximum Gasteiger partial charge on any atom is 0.253 e. The van der Waals surface area contributed by atoms with Crippen LogP contribution in [-0.2, 0) is 4.79 Å². The molecule has 0 bridgehead atoms. The summed E-state index contributed by atoms with van der Waals surface area (Å²) in [4.78, 5) is 30.6. The summed E-state index contributed by atoms with van der Waals surface area (Å²) in [6.45, 7) is 3.36. The summed E-state index contributed by atoms with van der Waals surface area (Å²) >= 11 is 0. The van der Waals surface area contributed by atoms with Gasteiger partial charge < -0.3 is 15.0 Å². The zero-order chi connectivity index (χ0) is 19.5. The van der Waals surface area contributed by atoms with Crippen molar-refractivity contribution >= 4 is 17.5 Å². The summed E-state index contributed by atoms with van der Waals surface area (Å²) < 4.78 is 5.96. The summed E-state index contributed by atoms with van der Waals surface area (Å²) in [7, 11) is 0. The fraction of sp³-hybridized carbons (Fsp3) is 0.409. The van der Waals surface area contributed by atoms with Crippen LogP contribution in [0.5, 0.6) is 5.88 Å². The van der Waals surface area contributed by atoms with Crippen LogP contribution < -0.4 is 10.1 Å². The number of benzene rings is 1. The quantitative estimate of drug-likeness (QED) is 0.864. The predicted molar refractivity (Wildman–Crippen MR) is 106 cm³/mol. The Kier molecular flexibility index (Phi) is 5.28. The SMILES string of the molecule is Cc1ccc(C(=O)N2CCC(Oc3ccc(NC(=O)C4CC4)cn3)CC2)cc1. The lowest BCUT2D eigenvalue weighted by Crippen LogP contribution is -2.41. The molecule has 1 aliphatic heterocycles. The number of anilines is 1. The van der Waals surface area contributed by atoms with Crippen LogP contribution in [0.3, 0.4) is 0 Å². The van der Waals surface area contributed by atoms with Crippen LogP contribution in [0.2, 0.25) is 0 Å². The smallest absolute Gasteiger partial charge is 0.253 e. The number of likely N-dealkylation sites (tertiary alicyclic amines) is 1. The van der Waals surface area contributed by atoms with Gasteiger partial charge in [-0.2, -0.15) is 0 Å². The molecule has 2 heterocycles. The van der Waals surface area contributed by atoms with E-state index in [9.17, 15) is 9.59 Å². The molecule has 1 aromatic heterocycles. The van der Waals surface area contributed by atoms with E-state index < -0.39 is 0 Å². The fourth-order valence-corrected chi connectivity index (χ4v) is 3.34. The minimum atomic E-state index is 0.0430. The molecule has 1 aromatic carbocycles. The highest BCUT2D eigenvalue weighted by atomic mass is 16.5. The third kappa shape index (κ3) is 4.50. The van der Waals surface area contributed by atoms with Gasteiger partial charge in [-0.1, -0.05) is 17.7 Å². The highest BCUT2D eigenvalue weighted by Gasteiger charge is 2.29. The first kappa shape index (κ1) is 18.5. The van der Waals surface area contributed by atoms with Gasteiger partial charge in [0, 0.05) is 43.5 Å². The molecule has 1 saturated heterocycles. The first-order valence-electron chi connectivity index (χ1n) is 9.88. The summed E-state index contributed by atoms with van der Waals surface area (Å²) in [5.74, 6) is 0.866. The largest absolute Gasteiger partial charge is 0.474 e. The molecule has 4 rings (SSSR count). The zero-order valence-corrected chi connectivity index (χ0v) is 16.1. The van der Waals surface area contributed by atoms with E-state index >= 15 is 0 Å². The number of amides is 2. The second kappa shape index (κ2) is 8.00. The predicted octanol–water partition coefficient (Wildman–Crippen LogP) is 3.42. The van der Waals surface area contributed by atoms with Crippen molar-refractivity contribution in [2.45, 2.75) is 38.7 Å². The van der Waals surface area contributed by atoms with E-state index in [1.165, 1.54) is 0 Å². The van der Waals surface area contributed by atoms with Gasteiger partial charge in [0.2, 0.25) is 11.8 Å². The molecule has 0 radical (unpaired) electrons. The molecule has 2 amide bonds. The van der Waals surface area contributed by atoms with Crippen molar-refractivity contribution in [3.63, 3.8) is 0 Å². The Hall–Kier alpha value is -2.89. The van der Waals surface area contributed by atoms with Crippen molar-refractivity contribution in [2.24, 2.45) is 5.92 Å². The van der Waals surface area contributed by atoms with E-state index in [0.717, 1.165) is 36.8 Å². The lowest BCUT2D eigenvalue weighted by molar-refractivity contribution is -0.117. The Morgan fingerprint density at radius 1 is 1.04 bits per heavy atom. The topological polar surface area (TPSA) is 71.5 Å². The number of rotatable bonds is 5. The number of pyridine rings is 1. The molecule has 0 spiro atoms. The molecule has 2 aliphatic rings. The van der Waals surface area contributed by atoms with Crippen molar-refractivity contribution in [3.05, 3.63) is 53.7 Å². The van der Waals surface area contributed by atoms with Crippen LogP contribution >= 0.6 is 0 Å². The second-order valence-electron chi connectivity index (χ2n) is 7.62. The summed E-state index contributed by atoms with van der Waals surface area (Å²) in [6.07, 6.45) is 5.18. The molecular formula is C22H25N3O3. The molecule has 1 aliphatic carbocycles. The van der Waals surface area contributed by atoms with Gasteiger partial charge in [-0.25, -0.2) is 4.98 Å². The molecule has 1 saturated carbocycles. The highest BCUT2D eigenvalue weighted by molar-refractivity contribution is 5.94. The van der Waals surface area contributed by atoms with E-state index in [1.807, 2.05) is 42.2 Å². The van der Waals surface area contributed by atoms with Crippen molar-refractivity contribution in [1.82, 2.24) is 9.88 Å². The molecule has 146 valence electrons. The fourth-order valence-electron chi connectivity index (χ4n) is 3.34. The van der Waals surface area contributed by atoms with E-state index in [2.05, 4.69) is 10.3 Å². The van der Waals surface area contributed by atoms with Crippen molar-refractivity contribution in [2.75, 3.05) is 18.4 Å². The van der Waals surface area contributed by atoms with Crippen molar-refractivity contribution < 1.29 is 14.3 Å². The van der Waals surface area contributed by atoms with Crippen LogP contribution in [0.25, 0.3) is 0 Å². The number of piperidine rings is 1. The standard InChI is InChI=1S/C22H25N3O3/c1-15-2-4-17(5-3-15)22(27)25-12-10-19(11-13-25)28-20-9-8-18(14-23-20)24-21(26)16-6-7-16/h2-5,8-9,14,16,19H,6-7,10-13H2,1H3,(H,24,26). The Morgan fingerprint density at radius 2 is 1.75 bits per heavy atom. The molecule has 1 N–H and O–H groups in total. The van der Waals surface area contributed by atoms with Crippen LogP contribution in [-0.4, -0.2) is 40.9 Å². The van der Waals surface area contributed by atoms with E-state index in [1.54, 1.807) is 12.3 Å². The Labute approximate surface area is 164 Å². The molecule has 28 heavy (non-hydrogen) atoms. The Morgan fingerprint density at radius 3 is 2.36 bits per heavy atom. The number of nitrogens with zero attached hydrogens (tertiary/aromatic N) is 2. The van der Waals surface area contributed by atoms with Crippen LogP contribution in [0.1, 0.15) is 41.6 Å². The molecule has 0 unspecified atom stereocenters. The lowest BCUT2D eigenvalue weighted by atomic mass is 10.1. The molecule has 6 nitrogen and oxygen atoms in total. The van der Waals surface area contributed by atoms with E-state index in [4.69, 9.17) is 4.74 Å². The average molecular weight is 379 g/mol. The van der Waals surface area contributed by atoms with Crippen LogP contribution in [0.15, 0.2) is 42.6 Å². The maximum atomic E-state index is 12.6. The van der Waals surface area contributed by atoms with Crippen LogP contribution in [0.4, 0.5) is 5.69 Å². The van der Waals surface area contributed by atoms with Gasteiger partial charge in [0.15, 0.2) is 0 Å². The number of ether oxygens (including phenoxy) is 1. The Balaban J connectivity index is 1.26. The number of aromatic nitrogens is 1. The second-order valence-corrected chi connectivity index (χ2v) is 7.62. The lowest BCUT2D eigenvalue weighted by Gasteiger charge is -2.32. The van der Waals surface area contributed by atoms with Gasteiger partial charge in [0.25, 0.3) is 5.91 Å². The number of aryl methyl sites for hydroxylation is 1. The minimum Gasteiger partial charge on any atom is -0.474 e. The number of hydrogen-bond acceptors (Lipinski definition) is 4. The number of hydrogen-bond donors (Lipinski definition) is 1. The summed E-state index contributed by atoms with van der Waals surface area (Å²) in [5.41, 5.74) is 2.58. The van der Waals surface area contributed by atoms with Gasteiger partial charge in [0.1, 0.15) is 6.10 Å². The van der Waals surface area contributed by atoms with E-state index in [0.29, 0.717) is 24.7 Å². The number of carbonyl (C=O) groups excluding carboxylic acids is 2. The molecule has 2 fully saturated rings. The normalized spacial score (nSPS) is 17.2. The Bertz CT molecular complexity index is 836. The van der Waals surface area contributed by atoms with E-state index in [-0.39, 0.29) is 23.8 Å². The van der Waals surface area contributed by atoms with Gasteiger partial charge in [-0.15, -0.1) is 0 Å². The first-order valence-corrected chi connectivity index (χ1v) is 9.88. The monoisotopic (exact) mass is 379 g/mol. The van der Waals surface area contributed by atoms with Crippen LogP contribution in [0, 0.1) is 12.8 Å². The molecule has 0 atom stereocenters. The number of carbonyl (C=O) groups is 2. The third-order valence-electron chi connectivity index (χ3n) is 5.27. The third-order valence-corrected chi connectivity index (χ3v) is 5.27. The highest BCUT2D eigenvalue weighted by Crippen LogP contribution is 2.30. The summed E-state index contributed by atoms with van der Waals surface area (Å²) in [5, 5.41) is 2.87. The number of nitrogens with one attached hydrogen (secondary N) is 1. The van der Waals surface area contributed by atoms with Gasteiger partial charge in [0.05, 0.1) is 11.9 Å². The van der Waals surface area contributed by atoms with Gasteiger partial charge in [-0.3, -0.25) is 9.59 Å². The van der Waals surface area contributed by atoms with Crippen molar-refractivity contribution in [1.29, 1.82) is 0 Å². The van der Waals surface area contributed by atoms with Gasteiger partial charge in [-0.05, 0) is 38.0 Å². The average Bonchev–Trinajstić information content (AvgIpc) is 3.56. The first-order chi connectivity index (χ1) is 13.6. The minimum absolute atomic E-state index is 0.0430. The zero-order valence-electron chi connectivity index (χ0n) is 16.1. The molecule has 2 aromatic rings. The summed E-state index contributed by atoms with van der Waals surface area (Å²) in [6, 6.07) is 11.3. The molecule has 6 heteroatoms. The van der Waals surface area contributed by atoms with Crippen molar-refractivity contribution in [3.8, 4) is 5.88 Å².